The molecule has 0 amide bonds. The Morgan fingerprint density at radius 1 is 1.10 bits per heavy atom. The summed E-state index contributed by atoms with van der Waals surface area (Å²) in [7, 11) is 0. The van der Waals surface area contributed by atoms with Crippen molar-refractivity contribution >= 4 is 12.4 Å². The fraction of sp³-hybridized carbons (Fsp3) is 0.467. The van der Waals surface area contributed by atoms with E-state index in [-0.39, 0.29) is 17.8 Å². The Morgan fingerprint density at radius 2 is 1.65 bits per heavy atom. The van der Waals surface area contributed by atoms with Gasteiger partial charge in [-0.2, -0.15) is 13.2 Å². The van der Waals surface area contributed by atoms with Crippen LogP contribution < -0.4 is 5.32 Å². The molecular weight excluding hydrogens is 287 g/mol. The summed E-state index contributed by atoms with van der Waals surface area (Å²) in [5, 5.41) is 3.27. The van der Waals surface area contributed by atoms with E-state index in [9.17, 15) is 13.2 Å². The monoisotopic (exact) mass is 303 g/mol. The Bertz CT molecular complexity index is 491. The van der Waals surface area contributed by atoms with Gasteiger partial charge in [-0.15, -0.1) is 12.4 Å². The smallest absolute Gasteiger partial charge is 0.317 e. The number of piperidine rings is 1. The molecule has 5 heteroatoms. The second-order valence-corrected chi connectivity index (χ2v) is 5.14. The molecule has 0 atom stereocenters. The van der Waals surface area contributed by atoms with E-state index >= 15 is 0 Å². The molecule has 1 nitrogen and oxygen atoms in total. The van der Waals surface area contributed by atoms with Crippen LogP contribution in [0.2, 0.25) is 0 Å². The van der Waals surface area contributed by atoms with Gasteiger partial charge in [0.05, 0.1) is 5.56 Å². The van der Waals surface area contributed by atoms with Crippen molar-refractivity contribution in [2.24, 2.45) is 5.41 Å². The highest BCUT2D eigenvalue weighted by molar-refractivity contribution is 5.85. The molecule has 1 aliphatic heterocycles. The maximum absolute atomic E-state index is 12.4. The topological polar surface area (TPSA) is 12.0 Å². The quantitative estimate of drug-likeness (QED) is 0.718. The molecule has 0 aliphatic carbocycles. The largest absolute Gasteiger partial charge is 0.416 e. The Kier molecular flexibility index (Phi) is 5.50. The third-order valence-electron chi connectivity index (χ3n) is 3.43. The molecule has 1 aliphatic rings. The highest BCUT2D eigenvalue weighted by Gasteiger charge is 2.30. The average Bonchev–Trinajstić information content (AvgIpc) is 2.37. The maximum atomic E-state index is 12.4. The molecule has 0 radical (unpaired) electrons. The molecule has 2 rings (SSSR count). The first-order valence-electron chi connectivity index (χ1n) is 6.30. The fourth-order valence-corrected chi connectivity index (χ4v) is 2.07. The average molecular weight is 304 g/mol. The number of rotatable bonds is 0. The number of hydrogen-bond acceptors (Lipinski definition) is 1. The van der Waals surface area contributed by atoms with Gasteiger partial charge in [0, 0.05) is 11.0 Å². The van der Waals surface area contributed by atoms with Crippen LogP contribution in [0.15, 0.2) is 24.3 Å². The van der Waals surface area contributed by atoms with Crippen molar-refractivity contribution in [3.05, 3.63) is 35.4 Å². The van der Waals surface area contributed by atoms with Crippen LogP contribution in [0.3, 0.4) is 0 Å². The van der Waals surface area contributed by atoms with Gasteiger partial charge in [0.15, 0.2) is 0 Å². The van der Waals surface area contributed by atoms with E-state index in [0.29, 0.717) is 5.56 Å². The standard InChI is InChI=1S/C15H16F3N.ClH/c1-14(8-10-19-11-9-14)7-6-12-2-4-13(5-3-12)15(16,17)18;/h2-5,19H,8-11H2,1H3;1H. The summed E-state index contributed by atoms with van der Waals surface area (Å²) in [5.74, 6) is 6.19. The molecule has 110 valence electrons. The predicted octanol–water partition coefficient (Wildman–Crippen LogP) is 3.87. The lowest BCUT2D eigenvalue weighted by atomic mass is 9.81. The summed E-state index contributed by atoms with van der Waals surface area (Å²) in [6, 6.07) is 5.02. The van der Waals surface area contributed by atoms with Crippen LogP contribution in [0.1, 0.15) is 30.9 Å². The van der Waals surface area contributed by atoms with Crippen molar-refractivity contribution in [3.63, 3.8) is 0 Å². The van der Waals surface area contributed by atoms with E-state index in [4.69, 9.17) is 0 Å². The minimum atomic E-state index is -4.28. The Hall–Kier alpha value is -1.18. The zero-order chi connectivity index (χ0) is 13.9. The molecule has 1 N–H and O–H groups in total. The normalized spacial score (nSPS) is 17.6. The lowest BCUT2D eigenvalue weighted by molar-refractivity contribution is -0.137. The van der Waals surface area contributed by atoms with E-state index in [1.165, 1.54) is 12.1 Å². The lowest BCUT2D eigenvalue weighted by Gasteiger charge is -2.28. The van der Waals surface area contributed by atoms with E-state index in [2.05, 4.69) is 24.1 Å². The van der Waals surface area contributed by atoms with Gasteiger partial charge in [-0.25, -0.2) is 0 Å². The van der Waals surface area contributed by atoms with Crippen LogP contribution in [0.25, 0.3) is 0 Å². The van der Waals surface area contributed by atoms with Crippen molar-refractivity contribution in [2.45, 2.75) is 25.9 Å². The first-order valence-corrected chi connectivity index (χ1v) is 6.30. The van der Waals surface area contributed by atoms with Gasteiger partial charge >= 0.3 is 6.18 Å². The number of hydrogen-bond donors (Lipinski definition) is 1. The molecular formula is C15H17ClF3N. The van der Waals surface area contributed by atoms with Crippen molar-refractivity contribution in [1.29, 1.82) is 0 Å². The predicted molar refractivity (Wildman–Crippen MR) is 75.8 cm³/mol. The third-order valence-corrected chi connectivity index (χ3v) is 3.43. The first-order chi connectivity index (χ1) is 8.89. The minimum absolute atomic E-state index is 0. The Labute approximate surface area is 123 Å². The molecule has 20 heavy (non-hydrogen) atoms. The van der Waals surface area contributed by atoms with E-state index in [1.54, 1.807) is 0 Å². The molecule has 1 fully saturated rings. The Morgan fingerprint density at radius 3 is 2.15 bits per heavy atom. The molecule has 0 unspecified atom stereocenters. The van der Waals surface area contributed by atoms with Crippen LogP contribution in [0.4, 0.5) is 13.2 Å². The van der Waals surface area contributed by atoms with Crippen LogP contribution in [0, 0.1) is 17.3 Å². The van der Waals surface area contributed by atoms with Gasteiger partial charge < -0.3 is 5.32 Å². The van der Waals surface area contributed by atoms with Gasteiger partial charge in [-0.3, -0.25) is 0 Å². The molecule has 0 saturated carbocycles. The number of benzene rings is 1. The third kappa shape index (κ3) is 4.43. The van der Waals surface area contributed by atoms with E-state index in [1.807, 2.05) is 0 Å². The highest BCUT2D eigenvalue weighted by Crippen LogP contribution is 2.29. The summed E-state index contributed by atoms with van der Waals surface area (Å²) in [6.07, 6.45) is -2.34. The van der Waals surface area contributed by atoms with Crippen LogP contribution in [0.5, 0.6) is 0 Å². The van der Waals surface area contributed by atoms with Crippen molar-refractivity contribution in [1.82, 2.24) is 5.32 Å². The summed E-state index contributed by atoms with van der Waals surface area (Å²) >= 11 is 0. The highest BCUT2D eigenvalue weighted by atomic mass is 35.5. The molecule has 1 heterocycles. The summed E-state index contributed by atoms with van der Waals surface area (Å²) < 4.78 is 37.2. The molecule has 0 spiro atoms. The minimum Gasteiger partial charge on any atom is -0.317 e. The van der Waals surface area contributed by atoms with Crippen LogP contribution >= 0.6 is 12.4 Å². The van der Waals surface area contributed by atoms with Crippen molar-refractivity contribution < 1.29 is 13.2 Å². The maximum Gasteiger partial charge on any atom is 0.416 e. The van der Waals surface area contributed by atoms with Crippen molar-refractivity contribution in [2.75, 3.05) is 13.1 Å². The number of alkyl halides is 3. The molecule has 0 aromatic heterocycles. The zero-order valence-electron chi connectivity index (χ0n) is 11.2. The molecule has 1 aromatic rings. The molecule has 1 aromatic carbocycles. The SMILES string of the molecule is CC1(C#Cc2ccc(C(F)(F)F)cc2)CCNCC1.Cl. The number of nitrogens with one attached hydrogen (secondary N) is 1. The van der Waals surface area contributed by atoms with Gasteiger partial charge in [-0.05, 0) is 57.1 Å². The van der Waals surface area contributed by atoms with E-state index in [0.717, 1.165) is 38.1 Å². The molecule has 0 bridgehead atoms. The lowest BCUT2D eigenvalue weighted by Crippen LogP contribution is -2.33. The molecule has 1 saturated heterocycles. The van der Waals surface area contributed by atoms with Gasteiger partial charge in [0.25, 0.3) is 0 Å². The van der Waals surface area contributed by atoms with Gasteiger partial charge in [-0.1, -0.05) is 11.8 Å². The fourth-order valence-electron chi connectivity index (χ4n) is 2.07. The second kappa shape index (κ2) is 6.51. The van der Waals surface area contributed by atoms with Crippen molar-refractivity contribution in [3.8, 4) is 11.8 Å². The zero-order valence-corrected chi connectivity index (χ0v) is 12.0. The van der Waals surface area contributed by atoms with Crippen LogP contribution in [-0.4, -0.2) is 13.1 Å². The summed E-state index contributed by atoms with van der Waals surface area (Å²) in [4.78, 5) is 0. The van der Waals surface area contributed by atoms with E-state index < -0.39 is 11.7 Å². The summed E-state index contributed by atoms with van der Waals surface area (Å²) in [5.41, 5.74) is -0.0348. The van der Waals surface area contributed by atoms with Gasteiger partial charge in [0.2, 0.25) is 0 Å². The first kappa shape index (κ1) is 16.9. The number of halogens is 4. The van der Waals surface area contributed by atoms with Gasteiger partial charge in [0.1, 0.15) is 0 Å². The Balaban J connectivity index is 0.00000200. The second-order valence-electron chi connectivity index (χ2n) is 5.14. The van der Waals surface area contributed by atoms with Crippen LogP contribution in [-0.2, 0) is 6.18 Å². The summed E-state index contributed by atoms with van der Waals surface area (Å²) in [6.45, 7) is 3.99.